The lowest BCUT2D eigenvalue weighted by molar-refractivity contribution is 0.0987. The Bertz CT molecular complexity index is 1380. The smallest absolute Gasteiger partial charge is 0.237 e. The molecular formula is C20H20FN5O3S. The second kappa shape index (κ2) is 6.78. The Labute approximate surface area is 172 Å². The van der Waals surface area contributed by atoms with Crippen molar-refractivity contribution in [3.8, 4) is 11.4 Å². The Morgan fingerprint density at radius 3 is 2.83 bits per heavy atom. The van der Waals surface area contributed by atoms with E-state index < -0.39 is 15.8 Å². The number of halogens is 1. The number of benzene rings is 1. The molecule has 5 rings (SSSR count). The molecule has 0 aliphatic carbocycles. The fourth-order valence-electron chi connectivity index (χ4n) is 3.94. The Morgan fingerprint density at radius 1 is 1.23 bits per heavy atom. The van der Waals surface area contributed by atoms with Crippen molar-refractivity contribution in [3.05, 3.63) is 42.5 Å². The summed E-state index contributed by atoms with van der Waals surface area (Å²) < 4.78 is 45.6. The molecule has 1 atom stereocenters. The molecule has 1 fully saturated rings. The fourth-order valence-corrected chi connectivity index (χ4v) is 4.68. The Hall–Kier alpha value is -2.98. The van der Waals surface area contributed by atoms with Gasteiger partial charge in [0.25, 0.3) is 0 Å². The van der Waals surface area contributed by atoms with E-state index in [1.54, 1.807) is 12.3 Å². The molecule has 0 unspecified atom stereocenters. The third kappa shape index (κ3) is 3.03. The number of nitrogens with one attached hydrogen (secondary N) is 1. The van der Waals surface area contributed by atoms with Crippen LogP contribution in [0.3, 0.4) is 0 Å². The van der Waals surface area contributed by atoms with Gasteiger partial charge in [-0.05, 0) is 31.2 Å². The normalized spacial score (nSPS) is 17.8. The molecule has 4 heterocycles. The van der Waals surface area contributed by atoms with Crippen LogP contribution in [-0.4, -0.2) is 59.4 Å². The number of nitrogens with zero attached hydrogens (tertiary/aromatic N) is 4. The minimum absolute atomic E-state index is 0.0473. The number of H-pyrrole nitrogens is 1. The van der Waals surface area contributed by atoms with Gasteiger partial charge in [0, 0.05) is 35.4 Å². The van der Waals surface area contributed by atoms with Gasteiger partial charge in [0.1, 0.15) is 11.6 Å². The van der Waals surface area contributed by atoms with Crippen molar-refractivity contribution in [1.29, 1.82) is 0 Å². The van der Waals surface area contributed by atoms with Crippen LogP contribution in [0.2, 0.25) is 0 Å². The molecule has 1 aromatic carbocycles. The standard InChI is InChI=1S/C20H20FN5O3S/c1-12-11-29-8-7-25(12)19-15-4-6-26(30(2,27)28)20(15)24-18(23-19)16-9-13(21)10-17-14(16)3-5-22-17/h3-6,9-10,12,22H,7-8,11H2,1-2H3/t12-/m1/s1. The summed E-state index contributed by atoms with van der Waals surface area (Å²) in [7, 11) is -3.58. The van der Waals surface area contributed by atoms with Crippen LogP contribution in [-0.2, 0) is 14.8 Å². The first kappa shape index (κ1) is 19.0. The van der Waals surface area contributed by atoms with Crippen LogP contribution in [0.4, 0.5) is 10.2 Å². The zero-order valence-electron chi connectivity index (χ0n) is 16.5. The Morgan fingerprint density at radius 2 is 2.07 bits per heavy atom. The van der Waals surface area contributed by atoms with Gasteiger partial charge in [-0.1, -0.05) is 0 Å². The number of aromatic nitrogens is 4. The van der Waals surface area contributed by atoms with Crippen LogP contribution < -0.4 is 4.90 Å². The van der Waals surface area contributed by atoms with E-state index >= 15 is 0 Å². The van der Waals surface area contributed by atoms with E-state index in [2.05, 4.69) is 14.9 Å². The maximum atomic E-state index is 14.3. The fraction of sp³-hybridized carbons (Fsp3) is 0.300. The number of anilines is 1. The molecule has 8 nitrogen and oxygen atoms in total. The second-order valence-corrected chi connectivity index (χ2v) is 9.35. The highest BCUT2D eigenvalue weighted by Crippen LogP contribution is 2.33. The van der Waals surface area contributed by atoms with Crippen LogP contribution >= 0.6 is 0 Å². The third-order valence-electron chi connectivity index (χ3n) is 5.36. The molecule has 1 aliphatic heterocycles. The van der Waals surface area contributed by atoms with E-state index in [0.717, 1.165) is 15.6 Å². The lowest BCUT2D eigenvalue weighted by Gasteiger charge is -2.34. The van der Waals surface area contributed by atoms with Crippen LogP contribution in [0, 0.1) is 5.82 Å². The molecule has 30 heavy (non-hydrogen) atoms. The SMILES string of the molecule is C[C@@H]1COCCN1c1nc(-c2cc(F)cc3[nH]ccc23)nc2c1ccn2S(C)(=O)=O. The lowest BCUT2D eigenvalue weighted by atomic mass is 10.1. The Kier molecular flexibility index (Phi) is 4.30. The summed E-state index contributed by atoms with van der Waals surface area (Å²) in [6.45, 7) is 3.71. The van der Waals surface area contributed by atoms with E-state index in [0.29, 0.717) is 42.0 Å². The molecule has 1 aliphatic rings. The topological polar surface area (TPSA) is 93.1 Å². The third-order valence-corrected chi connectivity index (χ3v) is 6.37. The molecule has 1 saturated heterocycles. The van der Waals surface area contributed by atoms with Crippen molar-refractivity contribution in [3.63, 3.8) is 0 Å². The molecule has 4 aromatic rings. The van der Waals surface area contributed by atoms with Gasteiger partial charge in [-0.2, -0.15) is 0 Å². The number of hydrogen-bond acceptors (Lipinski definition) is 6. The van der Waals surface area contributed by atoms with Crippen molar-refractivity contribution >= 4 is 37.8 Å². The summed E-state index contributed by atoms with van der Waals surface area (Å²) in [4.78, 5) is 14.4. The van der Waals surface area contributed by atoms with Gasteiger partial charge < -0.3 is 14.6 Å². The van der Waals surface area contributed by atoms with E-state index in [1.165, 1.54) is 18.3 Å². The van der Waals surface area contributed by atoms with Gasteiger partial charge in [0.2, 0.25) is 10.0 Å². The van der Waals surface area contributed by atoms with Gasteiger partial charge in [-0.3, -0.25) is 0 Å². The van der Waals surface area contributed by atoms with Gasteiger partial charge >= 0.3 is 0 Å². The minimum Gasteiger partial charge on any atom is -0.377 e. The molecule has 156 valence electrons. The van der Waals surface area contributed by atoms with E-state index in [1.807, 2.05) is 13.0 Å². The van der Waals surface area contributed by atoms with E-state index in [9.17, 15) is 12.8 Å². The predicted octanol–water partition coefficient (Wildman–Crippen LogP) is 2.75. The molecule has 0 spiro atoms. The molecule has 0 bridgehead atoms. The molecule has 1 N–H and O–H groups in total. The summed E-state index contributed by atoms with van der Waals surface area (Å²) in [6, 6.07) is 6.35. The lowest BCUT2D eigenvalue weighted by Crippen LogP contribution is -2.44. The Balaban J connectivity index is 1.83. The maximum absolute atomic E-state index is 14.3. The van der Waals surface area contributed by atoms with Gasteiger partial charge in [0.15, 0.2) is 11.5 Å². The van der Waals surface area contributed by atoms with Crippen molar-refractivity contribution < 1.29 is 17.5 Å². The van der Waals surface area contributed by atoms with Crippen LogP contribution in [0.15, 0.2) is 36.7 Å². The monoisotopic (exact) mass is 429 g/mol. The maximum Gasteiger partial charge on any atom is 0.237 e. The van der Waals surface area contributed by atoms with Crippen molar-refractivity contribution in [2.45, 2.75) is 13.0 Å². The largest absolute Gasteiger partial charge is 0.377 e. The molecule has 3 aromatic heterocycles. The zero-order valence-corrected chi connectivity index (χ0v) is 17.3. The zero-order chi connectivity index (χ0) is 21.0. The highest BCUT2D eigenvalue weighted by molar-refractivity contribution is 7.89. The van der Waals surface area contributed by atoms with Crippen molar-refractivity contribution in [2.24, 2.45) is 0 Å². The number of rotatable bonds is 3. The van der Waals surface area contributed by atoms with E-state index in [-0.39, 0.29) is 17.5 Å². The summed E-state index contributed by atoms with van der Waals surface area (Å²) in [5.74, 6) is 0.452. The molecule has 10 heteroatoms. The molecule has 0 saturated carbocycles. The van der Waals surface area contributed by atoms with Crippen LogP contribution in [0.1, 0.15) is 6.92 Å². The highest BCUT2D eigenvalue weighted by atomic mass is 32.2. The molecule has 0 amide bonds. The summed E-state index contributed by atoms with van der Waals surface area (Å²) >= 11 is 0. The summed E-state index contributed by atoms with van der Waals surface area (Å²) in [6.07, 6.45) is 4.32. The van der Waals surface area contributed by atoms with Gasteiger partial charge in [-0.25, -0.2) is 26.7 Å². The quantitative estimate of drug-likeness (QED) is 0.538. The first-order valence-corrected chi connectivity index (χ1v) is 11.4. The number of fused-ring (bicyclic) bond motifs is 2. The van der Waals surface area contributed by atoms with Crippen molar-refractivity contribution in [2.75, 3.05) is 30.9 Å². The van der Waals surface area contributed by atoms with E-state index in [4.69, 9.17) is 9.72 Å². The van der Waals surface area contributed by atoms with Crippen molar-refractivity contribution in [1.82, 2.24) is 18.9 Å². The average Bonchev–Trinajstić information content (AvgIpc) is 3.33. The number of hydrogen-bond donors (Lipinski definition) is 1. The van der Waals surface area contributed by atoms with Gasteiger partial charge in [-0.15, -0.1) is 0 Å². The minimum atomic E-state index is -3.58. The molecule has 0 radical (unpaired) electrons. The second-order valence-electron chi connectivity index (χ2n) is 7.49. The number of morpholine rings is 1. The summed E-state index contributed by atoms with van der Waals surface area (Å²) in [5, 5.41) is 1.38. The first-order valence-electron chi connectivity index (χ1n) is 9.54. The number of aromatic amines is 1. The predicted molar refractivity (Wildman–Crippen MR) is 113 cm³/mol. The van der Waals surface area contributed by atoms with Gasteiger partial charge in [0.05, 0.1) is 30.9 Å². The number of ether oxygens (including phenoxy) is 1. The first-order chi connectivity index (χ1) is 14.3. The average molecular weight is 429 g/mol. The van der Waals surface area contributed by atoms with Crippen LogP contribution in [0.25, 0.3) is 33.3 Å². The molecular weight excluding hydrogens is 409 g/mol. The summed E-state index contributed by atoms with van der Waals surface area (Å²) in [5.41, 5.74) is 1.38. The highest BCUT2D eigenvalue weighted by Gasteiger charge is 2.26. The van der Waals surface area contributed by atoms with Crippen LogP contribution in [0.5, 0.6) is 0 Å².